The number of nitrogens with zero attached hydrogens (tertiary/aromatic N) is 3. The lowest BCUT2D eigenvalue weighted by Crippen LogP contribution is -2.41. The van der Waals surface area contributed by atoms with Crippen LogP contribution in [-0.4, -0.2) is 76.7 Å². The Balaban J connectivity index is 1.38. The van der Waals surface area contributed by atoms with Gasteiger partial charge in [0.25, 0.3) is 15.9 Å². The molecule has 10 heteroatoms. The monoisotopic (exact) mass is 509 g/mol. The minimum Gasteiger partial charge on any atom is -0.379 e. The lowest BCUT2D eigenvalue weighted by atomic mass is 10.1. The van der Waals surface area contributed by atoms with Crippen LogP contribution in [0.2, 0.25) is 0 Å². The predicted molar refractivity (Wildman–Crippen MR) is 140 cm³/mol. The van der Waals surface area contributed by atoms with Gasteiger partial charge in [0.05, 0.1) is 24.3 Å². The third-order valence-electron chi connectivity index (χ3n) is 6.64. The van der Waals surface area contributed by atoms with Gasteiger partial charge in [-0.15, -0.1) is 0 Å². The van der Waals surface area contributed by atoms with Crippen LogP contribution in [0.3, 0.4) is 0 Å². The van der Waals surface area contributed by atoms with E-state index in [0.29, 0.717) is 36.5 Å². The minimum atomic E-state index is -3.92. The van der Waals surface area contributed by atoms with Gasteiger partial charge in [0, 0.05) is 62.2 Å². The Morgan fingerprint density at radius 2 is 1.78 bits per heavy atom. The van der Waals surface area contributed by atoms with Crippen molar-refractivity contribution < 1.29 is 17.9 Å². The van der Waals surface area contributed by atoms with Gasteiger partial charge < -0.3 is 15.0 Å². The van der Waals surface area contributed by atoms with E-state index in [9.17, 15) is 13.2 Å². The van der Waals surface area contributed by atoms with E-state index >= 15 is 0 Å². The minimum absolute atomic E-state index is 0.0979. The van der Waals surface area contributed by atoms with E-state index in [0.717, 1.165) is 56.6 Å². The molecule has 2 fully saturated rings. The maximum Gasteiger partial charge on any atom is 0.264 e. The number of amides is 1. The molecule has 2 aromatic carbocycles. The first kappa shape index (κ1) is 24.5. The number of pyridine rings is 1. The van der Waals surface area contributed by atoms with Crippen LogP contribution in [-0.2, 0) is 14.8 Å². The van der Waals surface area contributed by atoms with Gasteiger partial charge in [-0.25, -0.2) is 8.42 Å². The van der Waals surface area contributed by atoms with Crippen molar-refractivity contribution in [2.75, 3.05) is 62.1 Å². The highest BCUT2D eigenvalue weighted by Crippen LogP contribution is 2.29. The molecule has 9 nitrogen and oxygen atoms in total. The molecule has 3 aromatic rings. The number of anilines is 2. The normalized spacial score (nSPS) is 16.8. The number of aromatic nitrogens is 1. The smallest absolute Gasteiger partial charge is 0.264 e. The van der Waals surface area contributed by atoms with Crippen molar-refractivity contribution in [3.05, 3.63) is 60.3 Å². The Kier molecular flexibility index (Phi) is 7.35. The molecule has 190 valence electrons. The predicted octanol–water partition coefficient (Wildman–Crippen LogP) is 2.70. The van der Waals surface area contributed by atoms with E-state index in [1.165, 1.54) is 6.07 Å². The summed E-state index contributed by atoms with van der Waals surface area (Å²) < 4.78 is 34.7. The zero-order chi connectivity index (χ0) is 25.0. The van der Waals surface area contributed by atoms with Crippen molar-refractivity contribution in [2.45, 2.75) is 17.7 Å². The number of carbonyl (C=O) groups is 1. The van der Waals surface area contributed by atoms with Gasteiger partial charge in [-0.2, -0.15) is 0 Å². The number of sulfonamides is 1. The van der Waals surface area contributed by atoms with E-state index in [2.05, 4.69) is 24.8 Å². The van der Waals surface area contributed by atoms with E-state index in [-0.39, 0.29) is 10.8 Å². The van der Waals surface area contributed by atoms with Crippen LogP contribution in [0.25, 0.3) is 10.9 Å². The molecule has 2 aliphatic rings. The van der Waals surface area contributed by atoms with Crippen molar-refractivity contribution in [3.63, 3.8) is 0 Å². The summed E-state index contributed by atoms with van der Waals surface area (Å²) in [5.41, 5.74) is 2.03. The lowest BCUT2D eigenvalue weighted by Gasteiger charge is -2.26. The van der Waals surface area contributed by atoms with Gasteiger partial charge in [0.1, 0.15) is 4.90 Å². The molecule has 0 atom stereocenters. The molecule has 3 heterocycles. The van der Waals surface area contributed by atoms with Crippen molar-refractivity contribution in [3.8, 4) is 0 Å². The average Bonchev–Trinajstić information content (AvgIpc) is 3.43. The number of nitrogens with one attached hydrogen (secondary N) is 2. The van der Waals surface area contributed by atoms with Crippen LogP contribution in [0.5, 0.6) is 0 Å². The molecule has 0 spiro atoms. The SMILES string of the molecule is O=C(NCCN1CCOCC1)c1cc(NS(=O)(=O)c2cccc3cccnc23)ccc1N1CCCC1. The summed E-state index contributed by atoms with van der Waals surface area (Å²) in [5, 5.41) is 3.76. The molecule has 1 aromatic heterocycles. The fourth-order valence-electron chi connectivity index (χ4n) is 4.77. The number of ether oxygens (including phenoxy) is 1. The molecular formula is C26H31N5O4S. The van der Waals surface area contributed by atoms with Crippen molar-refractivity contribution in [2.24, 2.45) is 0 Å². The summed E-state index contributed by atoms with van der Waals surface area (Å²) in [6.07, 6.45) is 3.71. The Labute approximate surface area is 211 Å². The molecule has 1 amide bonds. The second-order valence-electron chi connectivity index (χ2n) is 9.07. The topological polar surface area (TPSA) is 104 Å². The third kappa shape index (κ3) is 5.45. The molecule has 5 rings (SSSR count). The number of benzene rings is 2. The van der Waals surface area contributed by atoms with Gasteiger partial charge in [-0.1, -0.05) is 18.2 Å². The van der Waals surface area contributed by atoms with Crippen LogP contribution in [0, 0.1) is 0 Å². The van der Waals surface area contributed by atoms with Crippen LogP contribution in [0.15, 0.2) is 59.6 Å². The number of hydrogen-bond donors (Lipinski definition) is 2. The number of fused-ring (bicyclic) bond motifs is 1. The first-order chi connectivity index (χ1) is 17.5. The summed E-state index contributed by atoms with van der Waals surface area (Å²) in [6, 6.07) is 13.8. The van der Waals surface area contributed by atoms with Gasteiger partial charge >= 0.3 is 0 Å². The number of rotatable bonds is 8. The van der Waals surface area contributed by atoms with Gasteiger partial charge in [-0.05, 0) is 43.2 Å². The zero-order valence-corrected chi connectivity index (χ0v) is 21.0. The van der Waals surface area contributed by atoms with E-state index < -0.39 is 10.0 Å². The molecule has 0 saturated carbocycles. The highest BCUT2D eigenvalue weighted by Gasteiger charge is 2.23. The van der Waals surface area contributed by atoms with Gasteiger partial charge in [0.15, 0.2) is 0 Å². The Hall–Kier alpha value is -3.21. The fourth-order valence-corrected chi connectivity index (χ4v) is 6.00. The van der Waals surface area contributed by atoms with Gasteiger partial charge in [-0.3, -0.25) is 19.4 Å². The van der Waals surface area contributed by atoms with Crippen LogP contribution in [0.1, 0.15) is 23.2 Å². The zero-order valence-electron chi connectivity index (χ0n) is 20.2. The molecule has 0 bridgehead atoms. The standard InChI is InChI=1S/C26H31N5O4S/c32-26(28-11-14-30-15-17-35-18-16-30)22-19-21(8-9-23(22)31-12-1-2-13-31)29-36(33,34)24-7-3-5-20-6-4-10-27-25(20)24/h3-10,19,29H,1-2,11-18H2,(H,28,32). The number of carbonyl (C=O) groups excluding carboxylic acids is 1. The Morgan fingerprint density at radius 3 is 2.58 bits per heavy atom. The molecule has 2 N–H and O–H groups in total. The summed E-state index contributed by atoms with van der Waals surface area (Å²) in [5.74, 6) is -0.210. The second kappa shape index (κ2) is 10.8. The number of morpholine rings is 1. The summed E-state index contributed by atoms with van der Waals surface area (Å²) in [7, 11) is -3.92. The number of hydrogen-bond acceptors (Lipinski definition) is 7. The molecule has 2 aliphatic heterocycles. The first-order valence-corrected chi connectivity index (χ1v) is 13.8. The fraction of sp³-hybridized carbons (Fsp3) is 0.385. The average molecular weight is 510 g/mol. The van der Waals surface area contributed by atoms with E-state index in [4.69, 9.17) is 4.74 Å². The second-order valence-corrected chi connectivity index (χ2v) is 10.7. The summed E-state index contributed by atoms with van der Waals surface area (Å²) in [6.45, 7) is 6.14. The maximum atomic E-state index is 13.3. The molecule has 0 aliphatic carbocycles. The molecule has 0 unspecified atom stereocenters. The molecule has 2 saturated heterocycles. The number of para-hydroxylation sites is 1. The van der Waals surface area contributed by atoms with Crippen LogP contribution < -0.4 is 14.9 Å². The van der Waals surface area contributed by atoms with Crippen LogP contribution >= 0.6 is 0 Å². The van der Waals surface area contributed by atoms with Gasteiger partial charge in [0.2, 0.25) is 0 Å². The largest absolute Gasteiger partial charge is 0.379 e. The molecule has 36 heavy (non-hydrogen) atoms. The highest BCUT2D eigenvalue weighted by atomic mass is 32.2. The summed E-state index contributed by atoms with van der Waals surface area (Å²) in [4.78, 5) is 22.1. The van der Waals surface area contributed by atoms with Crippen molar-refractivity contribution >= 4 is 38.2 Å². The highest BCUT2D eigenvalue weighted by molar-refractivity contribution is 7.93. The lowest BCUT2D eigenvalue weighted by molar-refractivity contribution is 0.0383. The van der Waals surface area contributed by atoms with E-state index in [1.807, 2.05) is 18.2 Å². The van der Waals surface area contributed by atoms with Crippen LogP contribution in [0.4, 0.5) is 11.4 Å². The Morgan fingerprint density at radius 1 is 1.00 bits per heavy atom. The van der Waals surface area contributed by atoms with Crippen molar-refractivity contribution in [1.82, 2.24) is 15.2 Å². The van der Waals surface area contributed by atoms with Crippen molar-refractivity contribution in [1.29, 1.82) is 0 Å². The quantitative estimate of drug-likeness (QED) is 0.481. The first-order valence-electron chi connectivity index (χ1n) is 12.4. The maximum absolute atomic E-state index is 13.3. The Bertz CT molecular complexity index is 1330. The van der Waals surface area contributed by atoms with E-state index in [1.54, 1.807) is 30.5 Å². The molecular weight excluding hydrogens is 478 g/mol. The third-order valence-corrected chi connectivity index (χ3v) is 8.06. The molecule has 0 radical (unpaired) electrons. The summed E-state index contributed by atoms with van der Waals surface area (Å²) >= 11 is 0.